The van der Waals surface area contributed by atoms with Crippen LogP contribution in [0.25, 0.3) is 0 Å². The smallest absolute Gasteiger partial charge is 0.328 e. The van der Waals surface area contributed by atoms with E-state index < -0.39 is 24.1 Å². The van der Waals surface area contributed by atoms with Gasteiger partial charge in [0.15, 0.2) is 6.04 Å². The van der Waals surface area contributed by atoms with E-state index in [4.69, 9.17) is 5.11 Å². The molecule has 0 saturated carbocycles. The zero-order valence-electron chi connectivity index (χ0n) is 11.0. The number of aliphatic hydroxyl groups excluding tert-OH is 1. The second kappa shape index (κ2) is 5.86. The summed E-state index contributed by atoms with van der Waals surface area (Å²) in [5.41, 5.74) is -0.0738. The lowest BCUT2D eigenvalue weighted by atomic mass is 9.96. The molecule has 6 nitrogen and oxygen atoms in total. The second-order valence-electron chi connectivity index (χ2n) is 5.42. The summed E-state index contributed by atoms with van der Waals surface area (Å²) in [7, 11) is 1.58. The Morgan fingerprint density at radius 1 is 1.35 bits per heavy atom. The highest BCUT2D eigenvalue weighted by Crippen LogP contribution is 2.14. The van der Waals surface area contributed by atoms with E-state index >= 15 is 0 Å². The number of carboxylic acid groups (broad SMARTS) is 1. The van der Waals surface area contributed by atoms with Gasteiger partial charge in [0.05, 0.1) is 6.10 Å². The fourth-order valence-electron chi connectivity index (χ4n) is 1.42. The molecule has 0 spiro atoms. The van der Waals surface area contributed by atoms with Crippen molar-refractivity contribution in [3.63, 3.8) is 0 Å². The van der Waals surface area contributed by atoms with Gasteiger partial charge in [-0.3, -0.25) is 0 Å². The van der Waals surface area contributed by atoms with Crippen molar-refractivity contribution in [2.75, 3.05) is 13.6 Å². The number of rotatable bonds is 4. The number of aliphatic hydroxyl groups is 1. The normalized spacial score (nSPS) is 14.9. The molecule has 17 heavy (non-hydrogen) atoms. The maximum atomic E-state index is 11.7. The lowest BCUT2D eigenvalue weighted by Crippen LogP contribution is -2.52. The summed E-state index contributed by atoms with van der Waals surface area (Å²) < 4.78 is 0. The molecule has 3 N–H and O–H groups in total. The van der Waals surface area contributed by atoms with E-state index in [0.717, 1.165) is 0 Å². The van der Waals surface area contributed by atoms with Gasteiger partial charge >= 0.3 is 12.0 Å². The van der Waals surface area contributed by atoms with Gasteiger partial charge in [-0.1, -0.05) is 20.8 Å². The lowest BCUT2D eigenvalue weighted by molar-refractivity contribution is -0.141. The highest BCUT2D eigenvalue weighted by atomic mass is 16.4. The van der Waals surface area contributed by atoms with E-state index in [1.807, 2.05) is 20.8 Å². The van der Waals surface area contributed by atoms with Crippen LogP contribution in [-0.2, 0) is 4.79 Å². The van der Waals surface area contributed by atoms with Crippen molar-refractivity contribution < 1.29 is 19.8 Å². The van der Waals surface area contributed by atoms with Gasteiger partial charge in [-0.15, -0.1) is 0 Å². The zero-order valence-corrected chi connectivity index (χ0v) is 11.0. The minimum absolute atomic E-state index is 0.0738. The summed E-state index contributed by atoms with van der Waals surface area (Å²) in [6, 6.07) is -1.79. The molecule has 0 aromatic heterocycles. The number of nitrogens with zero attached hydrogens (tertiary/aromatic N) is 1. The molecule has 0 saturated heterocycles. The van der Waals surface area contributed by atoms with Crippen molar-refractivity contribution in [1.29, 1.82) is 0 Å². The molecule has 0 rings (SSSR count). The second-order valence-corrected chi connectivity index (χ2v) is 5.42. The van der Waals surface area contributed by atoms with Crippen LogP contribution in [-0.4, -0.2) is 52.9 Å². The molecular formula is C11H22N2O4. The monoisotopic (exact) mass is 246 g/mol. The van der Waals surface area contributed by atoms with Gasteiger partial charge in [0.1, 0.15) is 0 Å². The van der Waals surface area contributed by atoms with E-state index in [-0.39, 0.29) is 5.41 Å². The Hall–Kier alpha value is -1.30. The van der Waals surface area contributed by atoms with Crippen molar-refractivity contribution >= 4 is 12.0 Å². The van der Waals surface area contributed by atoms with Crippen molar-refractivity contribution in [1.82, 2.24) is 10.2 Å². The molecule has 6 heteroatoms. The largest absolute Gasteiger partial charge is 0.480 e. The Balaban J connectivity index is 4.47. The lowest BCUT2D eigenvalue weighted by Gasteiger charge is -2.28. The molecule has 0 heterocycles. The molecule has 0 aliphatic carbocycles. The first-order valence-corrected chi connectivity index (χ1v) is 5.47. The van der Waals surface area contributed by atoms with Gasteiger partial charge in [0.2, 0.25) is 0 Å². The molecule has 2 amide bonds. The molecule has 100 valence electrons. The minimum atomic E-state index is -1.29. The summed E-state index contributed by atoms with van der Waals surface area (Å²) in [4.78, 5) is 23.9. The van der Waals surface area contributed by atoms with Gasteiger partial charge in [-0.2, -0.15) is 0 Å². The Bertz CT molecular complexity index is 284. The van der Waals surface area contributed by atoms with Crippen LogP contribution in [0.1, 0.15) is 27.7 Å². The predicted octanol–water partition coefficient (Wildman–Crippen LogP) is 0.508. The Morgan fingerprint density at radius 2 is 1.82 bits per heavy atom. The number of hydrogen-bond donors (Lipinski definition) is 3. The van der Waals surface area contributed by atoms with E-state index in [9.17, 15) is 14.7 Å². The quantitative estimate of drug-likeness (QED) is 0.674. The third kappa shape index (κ3) is 6.11. The highest BCUT2D eigenvalue weighted by Gasteiger charge is 2.27. The first-order chi connectivity index (χ1) is 7.54. The topological polar surface area (TPSA) is 89.9 Å². The minimum Gasteiger partial charge on any atom is -0.480 e. The van der Waals surface area contributed by atoms with Crippen LogP contribution in [0, 0.1) is 5.41 Å². The molecule has 0 bridgehead atoms. The standard InChI is InChI=1S/C11H22N2O4/c1-7(14)8(9(15)16)12-10(17)13(5)6-11(2,3)4/h7-8,14H,6H2,1-5H3,(H,12,17)(H,15,16). The SMILES string of the molecule is CC(O)C(NC(=O)N(C)CC(C)(C)C)C(=O)O. The van der Waals surface area contributed by atoms with Crippen molar-refractivity contribution in [2.24, 2.45) is 5.41 Å². The van der Waals surface area contributed by atoms with E-state index in [2.05, 4.69) is 5.32 Å². The van der Waals surface area contributed by atoms with Gasteiger partial charge < -0.3 is 20.4 Å². The van der Waals surface area contributed by atoms with Gasteiger partial charge in [0, 0.05) is 13.6 Å². The van der Waals surface area contributed by atoms with E-state index in [0.29, 0.717) is 6.54 Å². The molecule has 0 aliphatic rings. The summed E-state index contributed by atoms with van der Waals surface area (Å²) >= 11 is 0. The summed E-state index contributed by atoms with van der Waals surface area (Å²) in [6.45, 7) is 7.73. The number of hydrogen-bond acceptors (Lipinski definition) is 3. The number of nitrogens with one attached hydrogen (secondary N) is 1. The van der Waals surface area contributed by atoms with Crippen molar-refractivity contribution in [2.45, 2.75) is 39.8 Å². The van der Waals surface area contributed by atoms with Crippen LogP contribution in [0.4, 0.5) is 4.79 Å². The fraction of sp³-hybridized carbons (Fsp3) is 0.818. The molecule has 0 radical (unpaired) electrons. The van der Waals surface area contributed by atoms with Crippen LogP contribution in [0.2, 0.25) is 0 Å². The first kappa shape index (κ1) is 15.7. The summed E-state index contributed by atoms with van der Waals surface area (Å²) in [6.07, 6.45) is -1.14. The zero-order chi connectivity index (χ0) is 13.8. The van der Waals surface area contributed by atoms with Crippen LogP contribution in [0.3, 0.4) is 0 Å². The molecule has 0 aromatic rings. The maximum Gasteiger partial charge on any atom is 0.328 e. The Kier molecular flexibility index (Phi) is 5.41. The fourth-order valence-corrected chi connectivity index (χ4v) is 1.42. The molecule has 2 atom stereocenters. The third-order valence-corrected chi connectivity index (χ3v) is 2.09. The number of carbonyl (C=O) groups excluding carboxylic acids is 1. The number of aliphatic carboxylic acids is 1. The maximum absolute atomic E-state index is 11.7. The number of urea groups is 1. The number of carbonyl (C=O) groups is 2. The average Bonchev–Trinajstić information content (AvgIpc) is 2.09. The molecular weight excluding hydrogens is 224 g/mol. The van der Waals surface area contributed by atoms with Crippen LogP contribution < -0.4 is 5.32 Å². The molecule has 0 aliphatic heterocycles. The number of carboxylic acids is 1. The number of amides is 2. The molecule has 2 unspecified atom stereocenters. The third-order valence-electron chi connectivity index (χ3n) is 2.09. The van der Waals surface area contributed by atoms with E-state index in [1.165, 1.54) is 11.8 Å². The highest BCUT2D eigenvalue weighted by molar-refractivity contribution is 5.82. The average molecular weight is 246 g/mol. The van der Waals surface area contributed by atoms with Crippen LogP contribution in [0.15, 0.2) is 0 Å². The van der Waals surface area contributed by atoms with Crippen LogP contribution >= 0.6 is 0 Å². The van der Waals surface area contributed by atoms with Gasteiger partial charge in [-0.05, 0) is 12.3 Å². The predicted molar refractivity (Wildman–Crippen MR) is 63.7 cm³/mol. The Labute approximate surface area is 102 Å². The summed E-state index contributed by atoms with van der Waals surface area (Å²) in [5.74, 6) is -1.25. The molecule has 0 aromatic carbocycles. The molecule has 0 fully saturated rings. The van der Waals surface area contributed by atoms with Gasteiger partial charge in [-0.25, -0.2) is 9.59 Å². The Morgan fingerprint density at radius 3 is 2.12 bits per heavy atom. The van der Waals surface area contributed by atoms with Crippen LogP contribution in [0.5, 0.6) is 0 Å². The van der Waals surface area contributed by atoms with Gasteiger partial charge in [0.25, 0.3) is 0 Å². The summed E-state index contributed by atoms with van der Waals surface area (Å²) in [5, 5.41) is 20.3. The van der Waals surface area contributed by atoms with E-state index in [1.54, 1.807) is 7.05 Å². The first-order valence-electron chi connectivity index (χ1n) is 5.47. The van der Waals surface area contributed by atoms with Crippen molar-refractivity contribution in [3.8, 4) is 0 Å². The van der Waals surface area contributed by atoms with Crippen molar-refractivity contribution in [3.05, 3.63) is 0 Å².